The average molecular weight is 309 g/mol. The number of amides is 2. The first kappa shape index (κ1) is 15.5. The summed E-state index contributed by atoms with van der Waals surface area (Å²) in [5, 5.41) is 2.92. The molecule has 0 spiro atoms. The lowest BCUT2D eigenvalue weighted by Crippen LogP contribution is -2.50. The molecule has 0 radical (unpaired) electrons. The van der Waals surface area contributed by atoms with Crippen molar-refractivity contribution in [3.63, 3.8) is 0 Å². The third kappa shape index (κ3) is 3.82. The molecule has 1 aliphatic carbocycles. The number of halogens is 1. The van der Waals surface area contributed by atoms with Crippen LogP contribution in [0.5, 0.6) is 0 Å². The summed E-state index contributed by atoms with van der Waals surface area (Å²) in [4.78, 5) is 35.4. The highest BCUT2D eigenvalue weighted by Crippen LogP contribution is 2.25. The van der Waals surface area contributed by atoms with Crippen LogP contribution in [0, 0.1) is 5.92 Å². The number of carbonyl (C=O) groups is 3. The summed E-state index contributed by atoms with van der Waals surface area (Å²) in [6.45, 7) is 0. The maximum absolute atomic E-state index is 12.2. The molecule has 1 saturated carbocycles. The van der Waals surface area contributed by atoms with E-state index in [0.717, 1.165) is 6.42 Å². The van der Waals surface area contributed by atoms with Crippen molar-refractivity contribution in [1.82, 2.24) is 5.32 Å². The first-order valence-corrected chi connectivity index (χ1v) is 7.23. The highest BCUT2D eigenvalue weighted by molar-refractivity contribution is 6.33. The van der Waals surface area contributed by atoms with E-state index in [1.807, 2.05) is 0 Å². The number of ketones is 1. The molecule has 0 heterocycles. The molecule has 112 valence electrons. The van der Waals surface area contributed by atoms with Gasteiger partial charge in [0.2, 0.25) is 5.91 Å². The topological polar surface area (TPSA) is 89.3 Å². The molecule has 6 heteroatoms. The summed E-state index contributed by atoms with van der Waals surface area (Å²) in [7, 11) is 0. The Kier molecular flexibility index (Phi) is 4.96. The Morgan fingerprint density at radius 2 is 2.05 bits per heavy atom. The maximum Gasteiger partial charge on any atom is 0.253 e. The minimum atomic E-state index is -0.849. The SMILES string of the molecule is NC(=O)[C@@H](NC(=O)c1ccccc1Cl)[C@H]1CCCC(=O)C1. The average Bonchev–Trinajstić information content (AvgIpc) is 2.44. The normalized spacial score (nSPS) is 19.9. The van der Waals surface area contributed by atoms with Gasteiger partial charge < -0.3 is 11.1 Å². The van der Waals surface area contributed by atoms with Crippen molar-refractivity contribution in [1.29, 1.82) is 0 Å². The van der Waals surface area contributed by atoms with Crippen molar-refractivity contribution in [2.24, 2.45) is 11.7 Å². The van der Waals surface area contributed by atoms with Crippen molar-refractivity contribution in [2.75, 3.05) is 0 Å². The van der Waals surface area contributed by atoms with Crippen molar-refractivity contribution in [2.45, 2.75) is 31.7 Å². The van der Waals surface area contributed by atoms with Crippen molar-refractivity contribution in [3.05, 3.63) is 34.9 Å². The Balaban J connectivity index is 2.13. The Morgan fingerprint density at radius 3 is 2.67 bits per heavy atom. The van der Waals surface area contributed by atoms with Gasteiger partial charge in [-0.25, -0.2) is 0 Å². The van der Waals surface area contributed by atoms with Crippen LogP contribution in [0.25, 0.3) is 0 Å². The molecule has 1 fully saturated rings. The van der Waals surface area contributed by atoms with E-state index in [9.17, 15) is 14.4 Å². The number of nitrogens with two attached hydrogens (primary N) is 1. The van der Waals surface area contributed by atoms with Gasteiger partial charge in [0.05, 0.1) is 10.6 Å². The minimum Gasteiger partial charge on any atom is -0.368 e. The van der Waals surface area contributed by atoms with Gasteiger partial charge in [-0.1, -0.05) is 23.7 Å². The summed E-state index contributed by atoms with van der Waals surface area (Å²) >= 11 is 5.96. The van der Waals surface area contributed by atoms with Crippen molar-refractivity contribution < 1.29 is 14.4 Å². The summed E-state index contributed by atoms with van der Waals surface area (Å²) in [6, 6.07) is 5.72. The van der Waals surface area contributed by atoms with Crippen molar-refractivity contribution in [3.8, 4) is 0 Å². The molecule has 0 aliphatic heterocycles. The number of Topliss-reactive ketones (excluding diaryl/α,β-unsaturated/α-hetero) is 1. The lowest BCUT2D eigenvalue weighted by molar-refractivity contribution is -0.124. The van der Waals surface area contributed by atoms with Gasteiger partial charge in [0, 0.05) is 12.8 Å². The van der Waals surface area contributed by atoms with E-state index in [2.05, 4.69) is 5.32 Å². The van der Waals surface area contributed by atoms with Gasteiger partial charge in [-0.2, -0.15) is 0 Å². The van der Waals surface area contributed by atoms with Crippen LogP contribution in [0.15, 0.2) is 24.3 Å². The molecule has 1 aromatic carbocycles. The van der Waals surface area contributed by atoms with Crippen LogP contribution in [0.4, 0.5) is 0 Å². The Morgan fingerprint density at radius 1 is 1.33 bits per heavy atom. The molecular weight excluding hydrogens is 292 g/mol. The van der Waals surface area contributed by atoms with E-state index >= 15 is 0 Å². The zero-order chi connectivity index (χ0) is 15.4. The highest BCUT2D eigenvalue weighted by Gasteiger charge is 2.32. The molecule has 0 bridgehead atoms. The Bertz CT molecular complexity index is 574. The fourth-order valence-electron chi connectivity index (χ4n) is 2.63. The Hall–Kier alpha value is -1.88. The number of hydrogen-bond acceptors (Lipinski definition) is 3. The monoisotopic (exact) mass is 308 g/mol. The number of primary amides is 1. The van der Waals surface area contributed by atoms with Gasteiger partial charge >= 0.3 is 0 Å². The molecule has 21 heavy (non-hydrogen) atoms. The van der Waals surface area contributed by atoms with Gasteiger partial charge in [0.1, 0.15) is 11.8 Å². The maximum atomic E-state index is 12.2. The second-order valence-electron chi connectivity index (χ2n) is 5.23. The summed E-state index contributed by atoms with van der Waals surface area (Å²) < 4.78 is 0. The smallest absolute Gasteiger partial charge is 0.253 e. The number of nitrogens with one attached hydrogen (secondary N) is 1. The zero-order valence-electron chi connectivity index (χ0n) is 11.5. The van der Waals surface area contributed by atoms with Crippen LogP contribution in [0.2, 0.25) is 5.02 Å². The number of hydrogen-bond donors (Lipinski definition) is 2. The fraction of sp³-hybridized carbons (Fsp3) is 0.400. The third-order valence-corrected chi connectivity index (χ3v) is 4.03. The zero-order valence-corrected chi connectivity index (χ0v) is 12.2. The largest absolute Gasteiger partial charge is 0.368 e. The lowest BCUT2D eigenvalue weighted by Gasteiger charge is -2.28. The summed E-state index contributed by atoms with van der Waals surface area (Å²) in [6.07, 6.45) is 2.22. The van der Waals surface area contributed by atoms with E-state index < -0.39 is 17.9 Å². The summed E-state index contributed by atoms with van der Waals surface area (Å²) in [5.74, 6) is -1.22. The van der Waals surface area contributed by atoms with Gasteiger partial charge in [-0.15, -0.1) is 0 Å². The lowest BCUT2D eigenvalue weighted by atomic mass is 9.82. The van der Waals surface area contributed by atoms with Crippen LogP contribution < -0.4 is 11.1 Å². The highest BCUT2D eigenvalue weighted by atomic mass is 35.5. The number of rotatable bonds is 4. The molecule has 1 aliphatic rings. The van der Waals surface area contributed by atoms with E-state index in [-0.39, 0.29) is 23.7 Å². The third-order valence-electron chi connectivity index (χ3n) is 3.70. The van der Waals surface area contributed by atoms with Crippen LogP contribution in [0.3, 0.4) is 0 Å². The van der Waals surface area contributed by atoms with E-state index in [1.165, 1.54) is 0 Å². The van der Waals surface area contributed by atoms with Crippen LogP contribution in [-0.4, -0.2) is 23.6 Å². The summed E-state index contributed by atoms with van der Waals surface area (Å²) in [5.41, 5.74) is 5.66. The van der Waals surface area contributed by atoms with Gasteiger partial charge in [-0.05, 0) is 30.9 Å². The molecule has 0 unspecified atom stereocenters. The van der Waals surface area contributed by atoms with E-state index in [1.54, 1.807) is 24.3 Å². The van der Waals surface area contributed by atoms with E-state index in [4.69, 9.17) is 17.3 Å². The molecular formula is C15H17ClN2O3. The predicted octanol–water partition coefficient (Wildman–Crippen LogP) is 1.68. The molecule has 1 aromatic rings. The molecule has 0 aromatic heterocycles. The molecule has 3 N–H and O–H groups in total. The molecule has 5 nitrogen and oxygen atoms in total. The second-order valence-corrected chi connectivity index (χ2v) is 5.64. The predicted molar refractivity (Wildman–Crippen MR) is 78.9 cm³/mol. The number of benzene rings is 1. The molecule has 2 atom stereocenters. The molecule has 0 saturated heterocycles. The second kappa shape index (κ2) is 6.72. The standard InChI is InChI=1S/C15H17ClN2O3/c16-12-7-2-1-6-11(12)15(21)18-13(14(17)20)9-4-3-5-10(19)8-9/h1-2,6-7,9,13H,3-5,8H2,(H2,17,20)(H,18,21)/t9-,13-/m0/s1. The first-order valence-electron chi connectivity index (χ1n) is 6.85. The molecule has 2 rings (SSSR count). The van der Waals surface area contributed by atoms with Gasteiger partial charge in [0.15, 0.2) is 0 Å². The number of carbonyl (C=O) groups excluding carboxylic acids is 3. The fourth-order valence-corrected chi connectivity index (χ4v) is 2.85. The van der Waals surface area contributed by atoms with Crippen LogP contribution in [0.1, 0.15) is 36.0 Å². The first-order chi connectivity index (χ1) is 9.99. The van der Waals surface area contributed by atoms with E-state index in [0.29, 0.717) is 17.9 Å². The quantitative estimate of drug-likeness (QED) is 0.887. The minimum absolute atomic E-state index is 0.101. The van der Waals surface area contributed by atoms with Gasteiger partial charge in [0.25, 0.3) is 5.91 Å². The molecule has 2 amide bonds. The van der Waals surface area contributed by atoms with Gasteiger partial charge in [-0.3, -0.25) is 14.4 Å². The van der Waals surface area contributed by atoms with Crippen LogP contribution in [-0.2, 0) is 9.59 Å². The van der Waals surface area contributed by atoms with Crippen molar-refractivity contribution >= 4 is 29.2 Å². The Labute approximate surface area is 127 Å². The van der Waals surface area contributed by atoms with Crippen LogP contribution >= 0.6 is 11.6 Å².